The Morgan fingerprint density at radius 3 is 2.79 bits per heavy atom. The molecule has 1 N–H and O–H groups in total. The molecule has 1 aromatic heterocycles. The maximum absolute atomic E-state index is 11.9. The SMILES string of the molecule is CCC(CCCl)CNS(=O)(=O)CCc1ccccn1. The van der Waals surface area contributed by atoms with E-state index in [0.29, 0.717) is 24.8 Å². The van der Waals surface area contributed by atoms with E-state index in [1.54, 1.807) is 6.20 Å². The predicted octanol–water partition coefficient (Wildman–Crippen LogP) is 2.20. The molecule has 0 spiro atoms. The lowest BCUT2D eigenvalue weighted by atomic mass is 10.0. The van der Waals surface area contributed by atoms with Crippen LogP contribution in [0.15, 0.2) is 24.4 Å². The van der Waals surface area contributed by atoms with Crippen LogP contribution in [0, 0.1) is 5.92 Å². The standard InChI is InChI=1S/C13H21ClN2O2S/c1-2-12(6-8-14)11-16-19(17,18)10-7-13-5-3-4-9-15-13/h3-5,9,12,16H,2,6-8,10-11H2,1H3. The van der Waals surface area contributed by atoms with Crippen LogP contribution in [-0.4, -0.2) is 31.6 Å². The van der Waals surface area contributed by atoms with Crippen molar-refractivity contribution in [3.63, 3.8) is 0 Å². The Labute approximate surface area is 120 Å². The van der Waals surface area contributed by atoms with Gasteiger partial charge in [-0.1, -0.05) is 19.4 Å². The molecule has 0 radical (unpaired) electrons. The molecule has 0 amide bonds. The van der Waals surface area contributed by atoms with E-state index in [9.17, 15) is 8.42 Å². The Hall–Kier alpha value is -0.650. The second-order valence-corrected chi connectivity index (χ2v) is 6.79. The molecule has 1 atom stereocenters. The lowest BCUT2D eigenvalue weighted by molar-refractivity contribution is 0.481. The molecule has 4 nitrogen and oxygen atoms in total. The Kier molecular flexibility index (Phi) is 7.34. The first-order chi connectivity index (χ1) is 9.07. The topological polar surface area (TPSA) is 59.1 Å². The van der Waals surface area contributed by atoms with Crippen LogP contribution in [0.3, 0.4) is 0 Å². The zero-order valence-electron chi connectivity index (χ0n) is 11.2. The van der Waals surface area contributed by atoms with Crippen LogP contribution in [0.4, 0.5) is 0 Å². The number of halogens is 1. The van der Waals surface area contributed by atoms with Gasteiger partial charge in [0.1, 0.15) is 0 Å². The number of pyridine rings is 1. The molecule has 0 aromatic carbocycles. The fourth-order valence-electron chi connectivity index (χ4n) is 1.71. The normalized spacial score (nSPS) is 13.4. The molecule has 1 rings (SSSR count). The summed E-state index contributed by atoms with van der Waals surface area (Å²) >= 11 is 5.68. The third-order valence-corrected chi connectivity index (χ3v) is 4.61. The largest absolute Gasteiger partial charge is 0.261 e. The first-order valence-corrected chi connectivity index (χ1v) is 8.69. The van der Waals surface area contributed by atoms with E-state index >= 15 is 0 Å². The van der Waals surface area contributed by atoms with Crippen molar-refractivity contribution in [1.29, 1.82) is 0 Å². The quantitative estimate of drug-likeness (QED) is 0.712. The van der Waals surface area contributed by atoms with Crippen molar-refractivity contribution in [3.05, 3.63) is 30.1 Å². The Morgan fingerprint density at radius 1 is 1.42 bits per heavy atom. The highest BCUT2D eigenvalue weighted by molar-refractivity contribution is 7.89. The third kappa shape index (κ3) is 6.89. The fraction of sp³-hybridized carbons (Fsp3) is 0.615. The summed E-state index contributed by atoms with van der Waals surface area (Å²) in [6, 6.07) is 5.50. The van der Waals surface area contributed by atoms with E-state index in [4.69, 9.17) is 11.6 Å². The molecule has 1 aromatic rings. The number of hydrogen-bond donors (Lipinski definition) is 1. The van der Waals surface area contributed by atoms with Gasteiger partial charge in [0.05, 0.1) is 5.75 Å². The second-order valence-electron chi connectivity index (χ2n) is 4.49. The van der Waals surface area contributed by atoms with Crippen LogP contribution in [0.25, 0.3) is 0 Å². The Bertz CT molecular complexity index is 451. The molecule has 0 saturated heterocycles. The average Bonchev–Trinajstić information content (AvgIpc) is 2.42. The van der Waals surface area contributed by atoms with Gasteiger partial charge in [-0.3, -0.25) is 4.98 Å². The van der Waals surface area contributed by atoms with Gasteiger partial charge in [0.25, 0.3) is 0 Å². The number of hydrogen-bond acceptors (Lipinski definition) is 3. The summed E-state index contributed by atoms with van der Waals surface area (Å²) < 4.78 is 26.4. The minimum Gasteiger partial charge on any atom is -0.261 e. The number of alkyl halides is 1. The molecule has 0 aliphatic carbocycles. The predicted molar refractivity (Wildman–Crippen MR) is 78.8 cm³/mol. The van der Waals surface area contributed by atoms with Crippen LogP contribution >= 0.6 is 11.6 Å². The first kappa shape index (κ1) is 16.4. The van der Waals surface area contributed by atoms with E-state index in [0.717, 1.165) is 18.5 Å². The van der Waals surface area contributed by atoms with Gasteiger partial charge in [-0.15, -0.1) is 11.6 Å². The molecule has 1 unspecified atom stereocenters. The van der Waals surface area contributed by atoms with Gasteiger partial charge in [0.15, 0.2) is 0 Å². The molecule has 19 heavy (non-hydrogen) atoms. The van der Waals surface area contributed by atoms with Crippen LogP contribution < -0.4 is 4.72 Å². The summed E-state index contributed by atoms with van der Waals surface area (Å²) in [6.45, 7) is 2.51. The summed E-state index contributed by atoms with van der Waals surface area (Å²) in [4.78, 5) is 4.11. The van der Waals surface area contributed by atoms with Crippen molar-refractivity contribution in [3.8, 4) is 0 Å². The monoisotopic (exact) mass is 304 g/mol. The van der Waals surface area contributed by atoms with Gasteiger partial charge in [0.2, 0.25) is 10.0 Å². The van der Waals surface area contributed by atoms with Crippen LogP contribution in [-0.2, 0) is 16.4 Å². The molecule has 0 fully saturated rings. The van der Waals surface area contributed by atoms with Gasteiger partial charge in [-0.25, -0.2) is 13.1 Å². The summed E-state index contributed by atoms with van der Waals surface area (Å²) in [5.41, 5.74) is 0.792. The Morgan fingerprint density at radius 2 is 2.21 bits per heavy atom. The molecular weight excluding hydrogens is 284 g/mol. The smallest absolute Gasteiger partial charge is 0.211 e. The highest BCUT2D eigenvalue weighted by atomic mass is 35.5. The molecule has 0 aliphatic rings. The number of nitrogens with zero attached hydrogens (tertiary/aromatic N) is 1. The minimum absolute atomic E-state index is 0.0708. The molecular formula is C13H21ClN2O2S. The number of sulfonamides is 1. The van der Waals surface area contributed by atoms with Crippen molar-refractivity contribution in [2.24, 2.45) is 5.92 Å². The summed E-state index contributed by atoms with van der Waals surface area (Å²) in [5.74, 6) is 0.942. The number of nitrogens with one attached hydrogen (secondary N) is 1. The van der Waals surface area contributed by atoms with Crippen molar-refractivity contribution in [2.45, 2.75) is 26.2 Å². The number of aromatic nitrogens is 1. The fourth-order valence-corrected chi connectivity index (χ4v) is 3.13. The van der Waals surface area contributed by atoms with Crippen molar-refractivity contribution < 1.29 is 8.42 Å². The second kappa shape index (κ2) is 8.51. The highest BCUT2D eigenvalue weighted by Crippen LogP contribution is 2.08. The first-order valence-electron chi connectivity index (χ1n) is 6.50. The molecule has 0 saturated carbocycles. The van der Waals surface area contributed by atoms with Crippen molar-refractivity contribution in [2.75, 3.05) is 18.2 Å². The van der Waals surface area contributed by atoms with Gasteiger partial charge in [-0.2, -0.15) is 0 Å². The zero-order chi connectivity index (χ0) is 14.1. The Balaban J connectivity index is 2.39. The van der Waals surface area contributed by atoms with Gasteiger partial charge in [-0.05, 0) is 24.5 Å². The van der Waals surface area contributed by atoms with E-state index in [1.165, 1.54) is 0 Å². The van der Waals surface area contributed by atoms with E-state index < -0.39 is 10.0 Å². The van der Waals surface area contributed by atoms with Crippen molar-refractivity contribution >= 4 is 21.6 Å². The maximum atomic E-state index is 11.9. The molecule has 0 bridgehead atoms. The minimum atomic E-state index is -3.24. The van der Waals surface area contributed by atoms with Crippen LogP contribution in [0.1, 0.15) is 25.5 Å². The van der Waals surface area contributed by atoms with E-state index in [1.807, 2.05) is 25.1 Å². The lowest BCUT2D eigenvalue weighted by Gasteiger charge is -2.14. The van der Waals surface area contributed by atoms with E-state index in [-0.39, 0.29) is 5.75 Å². The highest BCUT2D eigenvalue weighted by Gasteiger charge is 2.13. The van der Waals surface area contributed by atoms with Gasteiger partial charge in [0, 0.05) is 30.7 Å². The van der Waals surface area contributed by atoms with Crippen molar-refractivity contribution in [1.82, 2.24) is 9.71 Å². The average molecular weight is 305 g/mol. The van der Waals surface area contributed by atoms with Gasteiger partial charge >= 0.3 is 0 Å². The summed E-state index contributed by atoms with van der Waals surface area (Å²) in [5, 5.41) is 0. The number of rotatable bonds is 9. The van der Waals surface area contributed by atoms with Crippen LogP contribution in [0.2, 0.25) is 0 Å². The lowest BCUT2D eigenvalue weighted by Crippen LogP contribution is -2.32. The molecule has 1 heterocycles. The molecule has 108 valence electrons. The van der Waals surface area contributed by atoms with E-state index in [2.05, 4.69) is 9.71 Å². The summed E-state index contributed by atoms with van der Waals surface area (Å²) in [6.07, 6.45) is 3.86. The summed E-state index contributed by atoms with van der Waals surface area (Å²) in [7, 11) is -3.24. The number of aryl methyl sites for hydroxylation is 1. The molecule has 6 heteroatoms. The third-order valence-electron chi connectivity index (χ3n) is 3.04. The van der Waals surface area contributed by atoms with Crippen LogP contribution in [0.5, 0.6) is 0 Å². The maximum Gasteiger partial charge on any atom is 0.211 e. The zero-order valence-corrected chi connectivity index (χ0v) is 12.8. The van der Waals surface area contributed by atoms with Gasteiger partial charge < -0.3 is 0 Å². The molecule has 0 aliphatic heterocycles.